The van der Waals surface area contributed by atoms with E-state index in [-0.39, 0.29) is 11.7 Å². The third-order valence-corrected chi connectivity index (χ3v) is 4.12. The molecule has 0 bridgehead atoms. The van der Waals surface area contributed by atoms with Crippen LogP contribution in [0.5, 0.6) is 0 Å². The Hall–Kier alpha value is -2.14. The Balaban J connectivity index is 1.84. The summed E-state index contributed by atoms with van der Waals surface area (Å²) in [6.45, 7) is 1.82. The van der Waals surface area contributed by atoms with Crippen molar-refractivity contribution in [2.24, 2.45) is 0 Å². The van der Waals surface area contributed by atoms with Gasteiger partial charge in [-0.1, -0.05) is 15.9 Å². The molecule has 112 valence electrons. The normalized spacial score (nSPS) is 12.3. The van der Waals surface area contributed by atoms with Crippen LogP contribution in [0.1, 0.15) is 13.0 Å². The fraction of sp³-hybridized carbons (Fsp3) is 0.118. The molecule has 0 aliphatic heterocycles. The van der Waals surface area contributed by atoms with Gasteiger partial charge in [0.2, 0.25) is 5.91 Å². The number of benzene rings is 2. The van der Waals surface area contributed by atoms with Crippen molar-refractivity contribution in [2.45, 2.75) is 13.0 Å². The third kappa shape index (κ3) is 2.90. The fourth-order valence-corrected chi connectivity index (χ4v) is 2.64. The van der Waals surface area contributed by atoms with Crippen LogP contribution in [-0.2, 0) is 4.79 Å². The smallest absolute Gasteiger partial charge is 0.247 e. The van der Waals surface area contributed by atoms with E-state index in [0.717, 1.165) is 21.1 Å². The Morgan fingerprint density at radius 1 is 1.18 bits per heavy atom. The van der Waals surface area contributed by atoms with Crippen molar-refractivity contribution < 1.29 is 9.18 Å². The molecular weight excluding hydrogens is 347 g/mol. The minimum absolute atomic E-state index is 0.121. The zero-order valence-corrected chi connectivity index (χ0v) is 13.5. The summed E-state index contributed by atoms with van der Waals surface area (Å²) in [4.78, 5) is 12.4. The van der Waals surface area contributed by atoms with Crippen LogP contribution >= 0.6 is 15.9 Å². The van der Waals surface area contributed by atoms with E-state index in [9.17, 15) is 9.18 Å². The predicted octanol–water partition coefficient (Wildman–Crippen LogP) is 4.74. The average molecular weight is 361 g/mol. The monoisotopic (exact) mass is 360 g/mol. The van der Waals surface area contributed by atoms with Crippen LogP contribution in [0.3, 0.4) is 0 Å². The van der Waals surface area contributed by atoms with Crippen LogP contribution < -0.4 is 5.32 Å². The third-order valence-electron chi connectivity index (χ3n) is 3.59. The van der Waals surface area contributed by atoms with E-state index in [1.54, 1.807) is 12.3 Å². The standard InChI is InChI=1S/C17H14BrFN2O/c1-11(17(22)20-15-5-2-13(18)3-6-15)21-9-8-12-10-14(19)4-7-16(12)21/h2-11H,1H3,(H,20,22). The lowest BCUT2D eigenvalue weighted by atomic mass is 10.2. The number of rotatable bonds is 3. The lowest BCUT2D eigenvalue weighted by Gasteiger charge is -2.15. The number of nitrogens with one attached hydrogen (secondary N) is 1. The van der Waals surface area contributed by atoms with Gasteiger partial charge in [-0.2, -0.15) is 0 Å². The molecule has 1 heterocycles. The maximum absolute atomic E-state index is 13.2. The van der Waals surface area contributed by atoms with Crippen molar-refractivity contribution in [1.29, 1.82) is 0 Å². The zero-order valence-electron chi connectivity index (χ0n) is 11.9. The van der Waals surface area contributed by atoms with Gasteiger partial charge in [0, 0.05) is 27.3 Å². The lowest BCUT2D eigenvalue weighted by Crippen LogP contribution is -2.23. The maximum atomic E-state index is 13.2. The van der Waals surface area contributed by atoms with E-state index in [2.05, 4.69) is 21.2 Å². The molecule has 1 aromatic heterocycles. The number of amides is 1. The highest BCUT2D eigenvalue weighted by molar-refractivity contribution is 9.10. The number of carbonyl (C=O) groups is 1. The molecule has 1 atom stereocenters. The van der Waals surface area contributed by atoms with Gasteiger partial charge in [-0.25, -0.2) is 4.39 Å². The first-order valence-electron chi connectivity index (χ1n) is 6.87. The Labute approximate surface area is 135 Å². The highest BCUT2D eigenvalue weighted by Gasteiger charge is 2.16. The molecule has 5 heteroatoms. The molecule has 0 saturated heterocycles. The summed E-state index contributed by atoms with van der Waals surface area (Å²) in [7, 11) is 0. The number of hydrogen-bond donors (Lipinski definition) is 1. The first kappa shape index (κ1) is 14.8. The molecule has 1 unspecified atom stereocenters. The quantitative estimate of drug-likeness (QED) is 0.718. The molecule has 0 saturated carbocycles. The molecule has 1 N–H and O–H groups in total. The highest BCUT2D eigenvalue weighted by Crippen LogP contribution is 2.22. The van der Waals surface area contributed by atoms with E-state index >= 15 is 0 Å². The SMILES string of the molecule is CC(C(=O)Nc1ccc(Br)cc1)n1ccc2cc(F)ccc21. The summed E-state index contributed by atoms with van der Waals surface area (Å²) in [5.41, 5.74) is 1.57. The molecule has 0 aliphatic carbocycles. The van der Waals surface area contributed by atoms with Gasteiger partial charge in [-0.3, -0.25) is 4.79 Å². The molecule has 3 nitrogen and oxygen atoms in total. The number of halogens is 2. The number of hydrogen-bond acceptors (Lipinski definition) is 1. The van der Waals surface area contributed by atoms with Gasteiger partial charge >= 0.3 is 0 Å². The van der Waals surface area contributed by atoms with Crippen LogP contribution in [0.25, 0.3) is 10.9 Å². The number of fused-ring (bicyclic) bond motifs is 1. The molecule has 0 spiro atoms. The summed E-state index contributed by atoms with van der Waals surface area (Å²) in [5.74, 6) is -0.402. The molecule has 1 amide bonds. The Bertz CT molecular complexity index is 826. The predicted molar refractivity (Wildman–Crippen MR) is 89.4 cm³/mol. The van der Waals surface area contributed by atoms with Gasteiger partial charge in [0.25, 0.3) is 0 Å². The highest BCUT2D eigenvalue weighted by atomic mass is 79.9. The summed E-state index contributed by atoms with van der Waals surface area (Å²) < 4.78 is 16.0. The van der Waals surface area contributed by atoms with Gasteiger partial charge in [-0.15, -0.1) is 0 Å². The van der Waals surface area contributed by atoms with Crippen molar-refractivity contribution in [1.82, 2.24) is 4.57 Å². The Kier molecular flexibility index (Phi) is 3.98. The van der Waals surface area contributed by atoms with E-state index in [1.165, 1.54) is 12.1 Å². The van der Waals surface area contributed by atoms with Crippen LogP contribution in [0.15, 0.2) is 59.2 Å². The minimum atomic E-state index is -0.397. The van der Waals surface area contributed by atoms with E-state index in [0.29, 0.717) is 0 Å². The molecule has 22 heavy (non-hydrogen) atoms. The van der Waals surface area contributed by atoms with Gasteiger partial charge in [0.05, 0.1) is 0 Å². The maximum Gasteiger partial charge on any atom is 0.247 e. The second-order valence-corrected chi connectivity index (χ2v) is 6.01. The second-order valence-electron chi connectivity index (χ2n) is 5.10. The zero-order chi connectivity index (χ0) is 15.7. The number of aromatic nitrogens is 1. The first-order valence-corrected chi connectivity index (χ1v) is 7.66. The minimum Gasteiger partial charge on any atom is -0.335 e. The summed E-state index contributed by atoms with van der Waals surface area (Å²) in [6.07, 6.45) is 1.80. The van der Waals surface area contributed by atoms with Gasteiger partial charge in [-0.05, 0) is 55.5 Å². The molecule has 0 radical (unpaired) electrons. The summed E-state index contributed by atoms with van der Waals surface area (Å²) >= 11 is 3.36. The average Bonchev–Trinajstić information content (AvgIpc) is 2.91. The Morgan fingerprint density at radius 2 is 1.91 bits per heavy atom. The second kappa shape index (κ2) is 5.93. The molecular formula is C17H14BrFN2O. The van der Waals surface area contributed by atoms with Crippen LogP contribution in [0.4, 0.5) is 10.1 Å². The van der Waals surface area contributed by atoms with E-state index in [1.807, 2.05) is 41.8 Å². The Morgan fingerprint density at radius 3 is 2.64 bits per heavy atom. The molecule has 0 aliphatic rings. The lowest BCUT2D eigenvalue weighted by molar-refractivity contribution is -0.118. The van der Waals surface area contributed by atoms with Crippen molar-refractivity contribution in [3.8, 4) is 0 Å². The molecule has 3 rings (SSSR count). The van der Waals surface area contributed by atoms with E-state index in [4.69, 9.17) is 0 Å². The molecule has 3 aromatic rings. The van der Waals surface area contributed by atoms with Crippen LogP contribution in [0.2, 0.25) is 0 Å². The first-order chi connectivity index (χ1) is 10.5. The van der Waals surface area contributed by atoms with Gasteiger partial charge < -0.3 is 9.88 Å². The summed E-state index contributed by atoms with van der Waals surface area (Å²) in [6, 6.07) is 13.4. The van der Waals surface area contributed by atoms with Crippen molar-refractivity contribution in [2.75, 3.05) is 5.32 Å². The van der Waals surface area contributed by atoms with Crippen molar-refractivity contribution in [3.63, 3.8) is 0 Å². The van der Waals surface area contributed by atoms with Crippen LogP contribution in [0, 0.1) is 5.82 Å². The van der Waals surface area contributed by atoms with Crippen molar-refractivity contribution in [3.05, 3.63) is 65.0 Å². The largest absolute Gasteiger partial charge is 0.335 e. The summed E-state index contributed by atoms with van der Waals surface area (Å²) in [5, 5.41) is 3.66. The molecule has 2 aromatic carbocycles. The molecule has 0 fully saturated rings. The van der Waals surface area contributed by atoms with Crippen molar-refractivity contribution >= 4 is 38.4 Å². The van der Waals surface area contributed by atoms with Gasteiger partial charge in [0.15, 0.2) is 0 Å². The van der Waals surface area contributed by atoms with Gasteiger partial charge in [0.1, 0.15) is 11.9 Å². The van der Waals surface area contributed by atoms with Crippen LogP contribution in [-0.4, -0.2) is 10.5 Å². The topological polar surface area (TPSA) is 34.0 Å². The van der Waals surface area contributed by atoms with E-state index < -0.39 is 6.04 Å². The fourth-order valence-electron chi connectivity index (χ4n) is 2.38. The number of nitrogens with zero attached hydrogens (tertiary/aromatic N) is 1. The number of anilines is 1. The number of carbonyl (C=O) groups excluding carboxylic acids is 1.